The maximum absolute atomic E-state index is 11.7. The summed E-state index contributed by atoms with van der Waals surface area (Å²) in [4.78, 5) is 2.53. The van der Waals surface area contributed by atoms with Crippen molar-refractivity contribution in [3.05, 3.63) is 24.3 Å². The second-order valence-corrected chi connectivity index (χ2v) is 7.88. The predicted molar refractivity (Wildman–Crippen MR) is 88.0 cm³/mol. The molecule has 0 atom stereocenters. The molecule has 0 aliphatic heterocycles. The third kappa shape index (κ3) is 4.98. The highest BCUT2D eigenvalue weighted by Crippen LogP contribution is 2.23. The Morgan fingerprint density at radius 1 is 1.24 bits per heavy atom. The average molecular weight is 313 g/mol. The van der Waals surface area contributed by atoms with E-state index >= 15 is 0 Å². The van der Waals surface area contributed by atoms with Crippen molar-refractivity contribution in [1.82, 2.24) is 4.72 Å². The van der Waals surface area contributed by atoms with Gasteiger partial charge >= 0.3 is 0 Å². The highest BCUT2D eigenvalue weighted by Gasteiger charge is 2.20. The van der Waals surface area contributed by atoms with Gasteiger partial charge in [0.25, 0.3) is 0 Å². The lowest BCUT2D eigenvalue weighted by molar-refractivity contribution is 0.377. The Morgan fingerprint density at radius 2 is 1.81 bits per heavy atom. The predicted octanol–water partition coefficient (Wildman–Crippen LogP) is 1.80. The van der Waals surface area contributed by atoms with Gasteiger partial charge in [-0.1, -0.05) is 20.8 Å². The van der Waals surface area contributed by atoms with Gasteiger partial charge in [-0.15, -0.1) is 0 Å². The van der Waals surface area contributed by atoms with Gasteiger partial charge in [-0.25, -0.2) is 13.1 Å². The summed E-state index contributed by atoms with van der Waals surface area (Å²) in [6.07, 6.45) is 1.03. The van der Waals surface area contributed by atoms with Gasteiger partial charge in [-0.3, -0.25) is 0 Å². The molecule has 5 nitrogen and oxygen atoms in total. The van der Waals surface area contributed by atoms with Crippen LogP contribution in [0.3, 0.4) is 0 Å². The molecule has 1 aromatic carbocycles. The summed E-state index contributed by atoms with van der Waals surface area (Å²) in [5.41, 5.74) is 6.85. The highest BCUT2D eigenvalue weighted by molar-refractivity contribution is 7.89. The zero-order valence-corrected chi connectivity index (χ0v) is 14.2. The Kier molecular flexibility index (Phi) is 6.19. The van der Waals surface area contributed by atoms with Crippen molar-refractivity contribution >= 4 is 15.7 Å². The fourth-order valence-electron chi connectivity index (χ4n) is 2.10. The average Bonchev–Trinajstić information content (AvgIpc) is 2.47. The quantitative estimate of drug-likeness (QED) is 0.767. The van der Waals surface area contributed by atoms with Crippen LogP contribution in [0.5, 0.6) is 0 Å². The van der Waals surface area contributed by atoms with E-state index in [0.717, 1.165) is 25.2 Å². The number of nitrogens with zero attached hydrogens (tertiary/aromatic N) is 1. The smallest absolute Gasteiger partial charge is 0.240 e. The van der Waals surface area contributed by atoms with Gasteiger partial charge < -0.3 is 10.6 Å². The molecule has 0 heterocycles. The Balaban J connectivity index is 3.00. The van der Waals surface area contributed by atoms with Crippen molar-refractivity contribution in [1.29, 1.82) is 0 Å². The molecule has 0 amide bonds. The van der Waals surface area contributed by atoms with E-state index in [1.165, 1.54) is 7.05 Å². The van der Waals surface area contributed by atoms with E-state index < -0.39 is 10.0 Å². The zero-order chi connectivity index (χ0) is 16.1. The van der Waals surface area contributed by atoms with Crippen LogP contribution in [0.15, 0.2) is 29.2 Å². The first kappa shape index (κ1) is 17.9. The van der Waals surface area contributed by atoms with Crippen molar-refractivity contribution in [3.63, 3.8) is 0 Å². The molecular formula is C15H27N3O2S. The first-order valence-electron chi connectivity index (χ1n) is 7.24. The highest BCUT2D eigenvalue weighted by atomic mass is 32.2. The number of benzene rings is 1. The van der Waals surface area contributed by atoms with Crippen molar-refractivity contribution in [2.45, 2.75) is 32.1 Å². The standard InChI is InChI=1S/C15H27N3O2S/c1-5-10-18(12-15(2,3)11-16)13-6-8-14(9-7-13)21(19,20)17-4/h6-9,17H,5,10-12,16H2,1-4H3. The fourth-order valence-corrected chi connectivity index (χ4v) is 2.83. The molecule has 0 saturated heterocycles. The van der Waals surface area contributed by atoms with Crippen molar-refractivity contribution in [2.24, 2.45) is 11.1 Å². The topological polar surface area (TPSA) is 75.4 Å². The van der Waals surface area contributed by atoms with Gasteiger partial charge in [-0.2, -0.15) is 0 Å². The summed E-state index contributed by atoms with van der Waals surface area (Å²) < 4.78 is 25.8. The van der Waals surface area contributed by atoms with Crippen molar-refractivity contribution < 1.29 is 8.42 Å². The normalized spacial score (nSPS) is 12.4. The molecule has 3 N–H and O–H groups in total. The van der Waals surface area contributed by atoms with Gasteiger partial charge in [-0.05, 0) is 49.7 Å². The lowest BCUT2D eigenvalue weighted by Crippen LogP contribution is -2.39. The van der Waals surface area contributed by atoms with Crippen LogP contribution in [0, 0.1) is 5.41 Å². The molecule has 0 aromatic heterocycles. The molecule has 0 aliphatic rings. The molecule has 1 aromatic rings. The van der Waals surface area contributed by atoms with Gasteiger partial charge in [0.1, 0.15) is 0 Å². The molecule has 1 rings (SSSR count). The minimum absolute atomic E-state index is 0.0187. The molecule has 6 heteroatoms. The molecule has 0 radical (unpaired) electrons. The Labute approximate surface area is 128 Å². The van der Waals surface area contributed by atoms with E-state index in [2.05, 4.69) is 30.4 Å². The van der Waals surface area contributed by atoms with E-state index in [9.17, 15) is 8.42 Å². The van der Waals surface area contributed by atoms with E-state index in [1.807, 2.05) is 12.1 Å². The number of nitrogens with one attached hydrogen (secondary N) is 1. The van der Waals surface area contributed by atoms with Crippen LogP contribution in [-0.2, 0) is 10.0 Å². The second kappa shape index (κ2) is 7.24. The fraction of sp³-hybridized carbons (Fsp3) is 0.600. The van der Waals surface area contributed by atoms with E-state index in [4.69, 9.17) is 5.73 Å². The molecule has 21 heavy (non-hydrogen) atoms. The van der Waals surface area contributed by atoms with Gasteiger partial charge in [0.05, 0.1) is 4.90 Å². The summed E-state index contributed by atoms with van der Waals surface area (Å²) in [7, 11) is -1.97. The summed E-state index contributed by atoms with van der Waals surface area (Å²) >= 11 is 0. The SMILES string of the molecule is CCCN(CC(C)(C)CN)c1ccc(S(=O)(=O)NC)cc1. The Morgan fingerprint density at radius 3 is 2.24 bits per heavy atom. The van der Waals surface area contributed by atoms with Crippen LogP contribution < -0.4 is 15.4 Å². The third-order valence-corrected chi connectivity index (χ3v) is 4.88. The minimum atomic E-state index is -3.38. The summed E-state index contributed by atoms with van der Waals surface area (Å²) in [6.45, 7) is 8.77. The molecule has 120 valence electrons. The molecule has 0 aliphatic carbocycles. The number of hydrogen-bond acceptors (Lipinski definition) is 4. The van der Waals surface area contributed by atoms with Crippen molar-refractivity contribution in [3.8, 4) is 0 Å². The van der Waals surface area contributed by atoms with E-state index in [0.29, 0.717) is 6.54 Å². The number of nitrogens with two attached hydrogens (primary N) is 1. The van der Waals surface area contributed by atoms with Crippen LogP contribution in [0.2, 0.25) is 0 Å². The summed E-state index contributed by atoms with van der Waals surface area (Å²) in [5, 5.41) is 0. The van der Waals surface area contributed by atoms with Crippen molar-refractivity contribution in [2.75, 3.05) is 31.6 Å². The third-order valence-electron chi connectivity index (χ3n) is 3.45. The van der Waals surface area contributed by atoms with Crippen LogP contribution in [0.25, 0.3) is 0 Å². The summed E-state index contributed by atoms with van der Waals surface area (Å²) in [5.74, 6) is 0. The number of anilines is 1. The monoisotopic (exact) mass is 313 g/mol. The maximum atomic E-state index is 11.7. The Hall–Kier alpha value is -1.11. The largest absolute Gasteiger partial charge is 0.371 e. The molecule has 0 spiro atoms. The molecule has 0 unspecified atom stereocenters. The summed E-state index contributed by atoms with van der Waals surface area (Å²) in [6, 6.07) is 6.98. The molecule has 0 saturated carbocycles. The maximum Gasteiger partial charge on any atom is 0.240 e. The first-order chi connectivity index (χ1) is 9.75. The number of sulfonamides is 1. The van der Waals surface area contributed by atoms with E-state index in [1.54, 1.807) is 12.1 Å². The molecular weight excluding hydrogens is 286 g/mol. The van der Waals surface area contributed by atoms with Gasteiger partial charge in [0.2, 0.25) is 10.0 Å². The molecule has 0 fully saturated rings. The van der Waals surface area contributed by atoms with Gasteiger partial charge in [0, 0.05) is 18.8 Å². The van der Waals surface area contributed by atoms with E-state index in [-0.39, 0.29) is 10.3 Å². The lowest BCUT2D eigenvalue weighted by Gasteiger charge is -2.33. The molecule has 0 bridgehead atoms. The van der Waals surface area contributed by atoms with Crippen LogP contribution in [0.4, 0.5) is 5.69 Å². The van der Waals surface area contributed by atoms with Crippen LogP contribution in [0.1, 0.15) is 27.2 Å². The first-order valence-corrected chi connectivity index (χ1v) is 8.72. The number of rotatable bonds is 8. The lowest BCUT2D eigenvalue weighted by atomic mass is 9.93. The van der Waals surface area contributed by atoms with Gasteiger partial charge in [0.15, 0.2) is 0 Å². The number of hydrogen-bond donors (Lipinski definition) is 2. The Bertz CT molecular complexity index is 539. The van der Waals surface area contributed by atoms with Crippen LogP contribution >= 0.6 is 0 Å². The zero-order valence-electron chi connectivity index (χ0n) is 13.4. The minimum Gasteiger partial charge on any atom is -0.371 e. The second-order valence-electron chi connectivity index (χ2n) is 5.99. The van der Waals surface area contributed by atoms with Crippen LogP contribution in [-0.4, -0.2) is 35.1 Å².